The molecule has 18 heavy (non-hydrogen) atoms. The van der Waals surface area contributed by atoms with Gasteiger partial charge in [-0.25, -0.2) is 0 Å². The molecule has 0 spiro atoms. The summed E-state index contributed by atoms with van der Waals surface area (Å²) in [5, 5.41) is 3.77. The van der Waals surface area contributed by atoms with Crippen LogP contribution in [0.1, 0.15) is 13.3 Å². The summed E-state index contributed by atoms with van der Waals surface area (Å²) in [5.41, 5.74) is 0.575. The Bertz CT molecular complexity index is 228. The molecule has 0 fully saturated rings. The average molecular weight is 291 g/mol. The molecule has 110 valence electrons. The van der Waals surface area contributed by atoms with Gasteiger partial charge in [0.05, 0.1) is 8.07 Å². The second-order valence-corrected chi connectivity index (χ2v) is 16.8. The Hall–Kier alpha value is 0.314. The molecule has 0 aliphatic carbocycles. The molecule has 0 saturated carbocycles. The lowest BCUT2D eigenvalue weighted by molar-refractivity contribution is 0.245. The zero-order valence-corrected chi connectivity index (χ0v) is 15.8. The Kier molecular flexibility index (Phi) is 7.93. The fraction of sp³-hybridized carbons (Fsp3) is 1.00. The first-order chi connectivity index (χ1) is 8.08. The van der Waals surface area contributed by atoms with E-state index >= 15 is 0 Å². The van der Waals surface area contributed by atoms with Crippen LogP contribution in [0.2, 0.25) is 32.7 Å². The van der Waals surface area contributed by atoms with Gasteiger partial charge in [0.25, 0.3) is 0 Å². The Labute approximate surface area is 116 Å². The van der Waals surface area contributed by atoms with Gasteiger partial charge in [-0.05, 0) is 39.8 Å². The Morgan fingerprint density at radius 2 is 1.67 bits per heavy atom. The fourth-order valence-electron chi connectivity index (χ4n) is 1.90. The maximum Gasteiger partial charge on any atom is 0.203 e. The quantitative estimate of drug-likeness (QED) is 0.661. The molecule has 3 nitrogen and oxygen atoms in total. The van der Waals surface area contributed by atoms with E-state index in [4.69, 9.17) is 4.43 Å². The third kappa shape index (κ3) is 8.42. The Morgan fingerprint density at radius 1 is 1.11 bits per heavy atom. The van der Waals surface area contributed by atoms with Crippen molar-refractivity contribution in [3.63, 3.8) is 0 Å². The molecule has 0 aliphatic heterocycles. The van der Waals surface area contributed by atoms with Gasteiger partial charge in [0.1, 0.15) is 0 Å². The van der Waals surface area contributed by atoms with Crippen molar-refractivity contribution >= 4 is 16.4 Å². The van der Waals surface area contributed by atoms with Gasteiger partial charge in [-0.15, -0.1) is 0 Å². The Balaban J connectivity index is 4.24. The lowest BCUT2D eigenvalue weighted by Gasteiger charge is -2.34. The summed E-state index contributed by atoms with van der Waals surface area (Å²) in [6.07, 6.45) is 2.37. The summed E-state index contributed by atoms with van der Waals surface area (Å²) >= 11 is 0. The SMILES string of the molecule is CCC(NC[Si](C)(C)C)[Si](C)(C)OCCN(C)C. The highest BCUT2D eigenvalue weighted by atomic mass is 28.4. The highest BCUT2D eigenvalue weighted by Crippen LogP contribution is 2.14. The summed E-state index contributed by atoms with van der Waals surface area (Å²) in [4.78, 5) is 2.18. The van der Waals surface area contributed by atoms with Crippen LogP contribution in [0.15, 0.2) is 0 Å². The van der Waals surface area contributed by atoms with Crippen LogP contribution in [-0.4, -0.2) is 60.4 Å². The molecule has 0 bridgehead atoms. The lowest BCUT2D eigenvalue weighted by Crippen LogP contribution is -2.56. The second kappa shape index (κ2) is 7.79. The van der Waals surface area contributed by atoms with E-state index in [2.05, 4.69) is 64.0 Å². The standard InChI is InChI=1S/C13H34N2OSi2/c1-9-13(14-12-17(4,5)6)18(7,8)16-11-10-15(2)3/h13-14H,9-12H2,1-8H3. The second-order valence-electron chi connectivity index (χ2n) is 7.16. The molecule has 0 aromatic heterocycles. The molecule has 0 aliphatic rings. The predicted molar refractivity (Wildman–Crippen MR) is 87.4 cm³/mol. The van der Waals surface area contributed by atoms with E-state index in [1.165, 1.54) is 12.6 Å². The first-order valence-electron chi connectivity index (χ1n) is 7.10. The topological polar surface area (TPSA) is 24.5 Å². The third-order valence-electron chi connectivity index (χ3n) is 3.14. The molecule has 1 N–H and O–H groups in total. The number of hydrogen-bond acceptors (Lipinski definition) is 3. The molecule has 1 unspecified atom stereocenters. The largest absolute Gasteiger partial charge is 0.415 e. The molecule has 1 atom stereocenters. The first kappa shape index (κ1) is 18.3. The number of nitrogens with zero attached hydrogens (tertiary/aromatic N) is 1. The highest BCUT2D eigenvalue weighted by molar-refractivity contribution is 6.76. The number of rotatable bonds is 9. The highest BCUT2D eigenvalue weighted by Gasteiger charge is 2.33. The van der Waals surface area contributed by atoms with Crippen molar-refractivity contribution in [1.82, 2.24) is 10.2 Å². The lowest BCUT2D eigenvalue weighted by atomic mass is 10.5. The minimum absolute atomic E-state index is 0.575. The minimum atomic E-state index is -1.61. The monoisotopic (exact) mass is 290 g/mol. The van der Waals surface area contributed by atoms with Crippen LogP contribution < -0.4 is 5.32 Å². The summed E-state index contributed by atoms with van der Waals surface area (Å²) in [6.45, 7) is 16.1. The maximum atomic E-state index is 6.21. The van der Waals surface area contributed by atoms with E-state index in [1.54, 1.807) is 0 Å². The van der Waals surface area contributed by atoms with Crippen LogP contribution in [0.3, 0.4) is 0 Å². The van der Waals surface area contributed by atoms with E-state index in [1.807, 2.05) is 0 Å². The van der Waals surface area contributed by atoms with Crippen LogP contribution in [0.4, 0.5) is 0 Å². The molecule has 0 rings (SSSR count). The van der Waals surface area contributed by atoms with Crippen molar-refractivity contribution in [2.75, 3.05) is 33.4 Å². The van der Waals surface area contributed by atoms with Crippen LogP contribution in [0, 0.1) is 0 Å². The van der Waals surface area contributed by atoms with Gasteiger partial charge in [-0.1, -0.05) is 26.6 Å². The van der Waals surface area contributed by atoms with Crippen molar-refractivity contribution in [1.29, 1.82) is 0 Å². The van der Waals surface area contributed by atoms with Gasteiger partial charge in [0, 0.05) is 18.8 Å². The summed E-state index contributed by atoms with van der Waals surface area (Å²) < 4.78 is 6.21. The number of hydrogen-bond donors (Lipinski definition) is 1. The van der Waals surface area contributed by atoms with E-state index in [0.717, 1.165) is 13.2 Å². The van der Waals surface area contributed by atoms with Gasteiger partial charge in [-0.3, -0.25) is 0 Å². The molecular weight excluding hydrogens is 256 g/mol. The predicted octanol–water partition coefficient (Wildman–Crippen LogP) is 2.55. The van der Waals surface area contributed by atoms with Crippen LogP contribution in [-0.2, 0) is 4.43 Å². The average Bonchev–Trinajstić information content (AvgIpc) is 2.15. The fourth-order valence-corrected chi connectivity index (χ4v) is 5.36. The first-order valence-corrected chi connectivity index (χ1v) is 13.8. The van der Waals surface area contributed by atoms with E-state index in [9.17, 15) is 0 Å². The molecule has 0 aromatic carbocycles. The number of likely N-dealkylation sites (N-methyl/N-ethyl adjacent to an activating group) is 1. The molecule has 0 radical (unpaired) electrons. The molecule has 5 heteroatoms. The molecule has 0 saturated heterocycles. The van der Waals surface area contributed by atoms with Crippen molar-refractivity contribution in [3.05, 3.63) is 0 Å². The Morgan fingerprint density at radius 3 is 2.06 bits per heavy atom. The van der Waals surface area contributed by atoms with Gasteiger partial charge >= 0.3 is 0 Å². The summed E-state index contributed by atoms with van der Waals surface area (Å²) in [6, 6.07) is 0. The van der Waals surface area contributed by atoms with Crippen molar-refractivity contribution in [3.8, 4) is 0 Å². The zero-order valence-electron chi connectivity index (χ0n) is 13.8. The molecule has 0 amide bonds. The van der Waals surface area contributed by atoms with Gasteiger partial charge in [-0.2, -0.15) is 0 Å². The van der Waals surface area contributed by atoms with E-state index in [0.29, 0.717) is 5.67 Å². The van der Waals surface area contributed by atoms with Gasteiger partial charge < -0.3 is 14.6 Å². The van der Waals surface area contributed by atoms with Crippen LogP contribution in [0.5, 0.6) is 0 Å². The summed E-state index contributed by atoms with van der Waals surface area (Å²) in [7, 11) is 1.56. The smallest absolute Gasteiger partial charge is 0.203 e. The maximum absolute atomic E-state index is 6.21. The third-order valence-corrected chi connectivity index (χ3v) is 7.64. The van der Waals surface area contributed by atoms with E-state index in [-0.39, 0.29) is 0 Å². The normalized spacial score (nSPS) is 15.2. The van der Waals surface area contributed by atoms with Crippen LogP contribution >= 0.6 is 0 Å². The minimum Gasteiger partial charge on any atom is -0.415 e. The van der Waals surface area contributed by atoms with E-state index < -0.39 is 16.4 Å². The van der Waals surface area contributed by atoms with Crippen LogP contribution in [0.25, 0.3) is 0 Å². The summed E-state index contributed by atoms with van der Waals surface area (Å²) in [5.74, 6) is 0. The zero-order chi connectivity index (χ0) is 14.4. The van der Waals surface area contributed by atoms with Crippen molar-refractivity contribution in [2.45, 2.75) is 51.7 Å². The van der Waals surface area contributed by atoms with Gasteiger partial charge in [0.15, 0.2) is 0 Å². The van der Waals surface area contributed by atoms with Crippen molar-refractivity contribution in [2.24, 2.45) is 0 Å². The molecule has 0 heterocycles. The molecular formula is C13H34N2OSi2. The molecule has 0 aromatic rings. The number of nitrogens with one attached hydrogen (secondary N) is 1. The van der Waals surface area contributed by atoms with Gasteiger partial charge in [0.2, 0.25) is 8.32 Å². The van der Waals surface area contributed by atoms with Crippen molar-refractivity contribution < 1.29 is 4.43 Å².